The molecule has 2 rings (SSSR count). The zero-order chi connectivity index (χ0) is 11.8. The van der Waals surface area contributed by atoms with E-state index in [9.17, 15) is 13.2 Å². The third kappa shape index (κ3) is 2.60. The summed E-state index contributed by atoms with van der Waals surface area (Å²) < 4.78 is 26.0. The van der Waals surface area contributed by atoms with Gasteiger partial charge in [0, 0.05) is 6.54 Å². The van der Waals surface area contributed by atoms with Crippen LogP contribution in [0.4, 0.5) is 0 Å². The molecule has 1 aromatic heterocycles. The number of carboxylic acids is 1. The number of carboxylic acid groups (broad SMARTS) is 1. The van der Waals surface area contributed by atoms with Gasteiger partial charge in [0.15, 0.2) is 0 Å². The van der Waals surface area contributed by atoms with E-state index in [1.807, 2.05) is 0 Å². The number of nitrogens with one attached hydrogen (secondary N) is 1. The molecule has 0 aliphatic heterocycles. The zero-order valence-electron chi connectivity index (χ0n) is 8.34. The van der Waals surface area contributed by atoms with Gasteiger partial charge >= 0.3 is 5.97 Å². The molecular formula is C9H11NO4S2. The van der Waals surface area contributed by atoms with Crippen molar-refractivity contribution in [1.82, 2.24) is 4.72 Å². The summed E-state index contributed by atoms with van der Waals surface area (Å²) in [6, 6.07) is 2.63. The predicted molar refractivity (Wildman–Crippen MR) is 59.2 cm³/mol. The van der Waals surface area contributed by atoms with Gasteiger partial charge in [-0.05, 0) is 30.9 Å². The van der Waals surface area contributed by atoms with E-state index in [-0.39, 0.29) is 9.09 Å². The lowest BCUT2D eigenvalue weighted by Crippen LogP contribution is -2.25. The molecule has 5 nitrogen and oxygen atoms in total. The molecule has 0 aromatic carbocycles. The molecule has 0 bridgehead atoms. The van der Waals surface area contributed by atoms with Crippen LogP contribution in [0, 0.1) is 5.92 Å². The summed E-state index contributed by atoms with van der Waals surface area (Å²) in [6.45, 7) is 0.447. The Morgan fingerprint density at radius 1 is 1.50 bits per heavy atom. The average molecular weight is 261 g/mol. The van der Waals surface area contributed by atoms with E-state index in [2.05, 4.69) is 4.72 Å². The third-order valence-corrected chi connectivity index (χ3v) is 5.30. The van der Waals surface area contributed by atoms with Crippen LogP contribution >= 0.6 is 11.3 Å². The zero-order valence-corrected chi connectivity index (χ0v) is 9.97. The molecule has 0 atom stereocenters. The van der Waals surface area contributed by atoms with Crippen molar-refractivity contribution in [3.63, 3.8) is 0 Å². The van der Waals surface area contributed by atoms with E-state index in [0.29, 0.717) is 12.5 Å². The second-order valence-corrected chi connectivity index (χ2v) is 6.80. The van der Waals surface area contributed by atoms with Gasteiger partial charge < -0.3 is 5.11 Å². The highest BCUT2D eigenvalue weighted by atomic mass is 32.2. The third-order valence-electron chi connectivity index (χ3n) is 2.32. The normalized spacial score (nSPS) is 16.2. The van der Waals surface area contributed by atoms with Gasteiger partial charge in [0.05, 0.1) is 0 Å². The van der Waals surface area contributed by atoms with Crippen LogP contribution in [0.1, 0.15) is 22.5 Å². The monoisotopic (exact) mass is 261 g/mol. The fourth-order valence-electron chi connectivity index (χ4n) is 1.20. The van der Waals surface area contributed by atoms with Crippen molar-refractivity contribution in [3.8, 4) is 0 Å². The summed E-state index contributed by atoms with van der Waals surface area (Å²) in [5, 5.41) is 8.69. The van der Waals surface area contributed by atoms with Crippen LogP contribution in [0.5, 0.6) is 0 Å². The number of carbonyl (C=O) groups is 1. The standard InChI is InChI=1S/C9H11NO4S2/c11-9(12)7-3-4-8(15-7)16(13,14)10-5-6-1-2-6/h3-4,6,10H,1-2,5H2,(H,11,12). The molecule has 1 fully saturated rings. The molecule has 1 aliphatic rings. The SMILES string of the molecule is O=C(O)c1ccc(S(=O)(=O)NCC2CC2)s1. The first-order valence-electron chi connectivity index (χ1n) is 4.82. The van der Waals surface area contributed by atoms with Crippen LogP contribution in [-0.4, -0.2) is 26.0 Å². The van der Waals surface area contributed by atoms with Crippen molar-refractivity contribution in [1.29, 1.82) is 0 Å². The van der Waals surface area contributed by atoms with Crippen LogP contribution in [-0.2, 0) is 10.0 Å². The largest absolute Gasteiger partial charge is 0.477 e. The molecular weight excluding hydrogens is 250 g/mol. The first-order chi connectivity index (χ1) is 7.49. The van der Waals surface area contributed by atoms with Crippen LogP contribution in [0.2, 0.25) is 0 Å². The summed E-state index contributed by atoms with van der Waals surface area (Å²) in [6.07, 6.45) is 2.13. The Bertz CT molecular complexity index is 501. The van der Waals surface area contributed by atoms with Gasteiger partial charge in [0.25, 0.3) is 0 Å². The van der Waals surface area contributed by atoms with Gasteiger partial charge in [0.1, 0.15) is 9.09 Å². The second-order valence-electron chi connectivity index (χ2n) is 3.72. The Labute approximate surface area is 97.2 Å². The lowest BCUT2D eigenvalue weighted by atomic mass is 10.4. The van der Waals surface area contributed by atoms with E-state index in [0.717, 1.165) is 24.2 Å². The highest BCUT2D eigenvalue weighted by Crippen LogP contribution is 2.28. The molecule has 0 saturated heterocycles. The fraction of sp³-hybridized carbons (Fsp3) is 0.444. The van der Waals surface area contributed by atoms with Gasteiger partial charge in [-0.3, -0.25) is 0 Å². The molecule has 88 valence electrons. The maximum absolute atomic E-state index is 11.7. The molecule has 2 N–H and O–H groups in total. The molecule has 1 heterocycles. The van der Waals surface area contributed by atoms with Crippen molar-refractivity contribution in [3.05, 3.63) is 17.0 Å². The highest BCUT2D eigenvalue weighted by Gasteiger charge is 2.25. The predicted octanol–water partition coefficient (Wildman–Crippen LogP) is 1.13. The quantitative estimate of drug-likeness (QED) is 0.832. The minimum atomic E-state index is -3.52. The minimum absolute atomic E-state index is 0.0341. The summed E-state index contributed by atoms with van der Waals surface area (Å²) in [5.74, 6) is -0.651. The van der Waals surface area contributed by atoms with Crippen molar-refractivity contribution >= 4 is 27.3 Å². The first-order valence-corrected chi connectivity index (χ1v) is 7.12. The number of hydrogen-bond donors (Lipinski definition) is 2. The number of rotatable bonds is 5. The highest BCUT2D eigenvalue weighted by molar-refractivity contribution is 7.91. The number of aromatic carboxylic acids is 1. The Kier molecular flexibility index (Phi) is 3.00. The lowest BCUT2D eigenvalue weighted by Gasteiger charge is -2.02. The maximum atomic E-state index is 11.7. The maximum Gasteiger partial charge on any atom is 0.345 e. The van der Waals surface area contributed by atoms with Gasteiger partial charge in [-0.1, -0.05) is 0 Å². The molecule has 0 unspecified atom stereocenters. The molecule has 1 aliphatic carbocycles. The van der Waals surface area contributed by atoms with Crippen LogP contribution in [0.25, 0.3) is 0 Å². The van der Waals surface area contributed by atoms with Crippen molar-refractivity contribution in [2.24, 2.45) is 5.92 Å². The van der Waals surface area contributed by atoms with Crippen molar-refractivity contribution in [2.45, 2.75) is 17.1 Å². The Morgan fingerprint density at radius 3 is 2.69 bits per heavy atom. The second kappa shape index (κ2) is 4.15. The lowest BCUT2D eigenvalue weighted by molar-refractivity contribution is 0.0702. The summed E-state index contributed by atoms with van der Waals surface area (Å²) in [5.41, 5.74) is 0. The van der Waals surface area contributed by atoms with E-state index in [4.69, 9.17) is 5.11 Å². The first kappa shape index (κ1) is 11.6. The molecule has 1 saturated carbocycles. The molecule has 0 amide bonds. The van der Waals surface area contributed by atoms with Crippen LogP contribution in [0.15, 0.2) is 16.3 Å². The van der Waals surface area contributed by atoms with E-state index >= 15 is 0 Å². The molecule has 0 radical (unpaired) electrons. The number of sulfonamides is 1. The molecule has 16 heavy (non-hydrogen) atoms. The Hall–Kier alpha value is -0.920. The van der Waals surface area contributed by atoms with Gasteiger partial charge in [-0.15, -0.1) is 11.3 Å². The van der Waals surface area contributed by atoms with E-state index in [1.165, 1.54) is 12.1 Å². The molecule has 7 heteroatoms. The van der Waals surface area contributed by atoms with Crippen LogP contribution in [0.3, 0.4) is 0 Å². The average Bonchev–Trinajstić information content (AvgIpc) is 2.89. The van der Waals surface area contributed by atoms with Crippen molar-refractivity contribution < 1.29 is 18.3 Å². The fourth-order valence-corrected chi connectivity index (χ4v) is 3.51. The van der Waals surface area contributed by atoms with Gasteiger partial charge in [-0.25, -0.2) is 17.9 Å². The number of thiophene rings is 1. The Morgan fingerprint density at radius 2 is 2.19 bits per heavy atom. The van der Waals surface area contributed by atoms with Gasteiger partial charge in [0.2, 0.25) is 10.0 Å². The minimum Gasteiger partial charge on any atom is -0.477 e. The number of hydrogen-bond acceptors (Lipinski definition) is 4. The smallest absolute Gasteiger partial charge is 0.345 e. The molecule has 0 spiro atoms. The van der Waals surface area contributed by atoms with E-state index < -0.39 is 16.0 Å². The van der Waals surface area contributed by atoms with Gasteiger partial charge in [-0.2, -0.15) is 0 Å². The Balaban J connectivity index is 2.10. The summed E-state index contributed by atoms with van der Waals surface area (Å²) >= 11 is 0.770. The summed E-state index contributed by atoms with van der Waals surface area (Å²) in [4.78, 5) is 10.6. The summed E-state index contributed by atoms with van der Waals surface area (Å²) in [7, 11) is -3.52. The van der Waals surface area contributed by atoms with Crippen LogP contribution < -0.4 is 4.72 Å². The topological polar surface area (TPSA) is 83.5 Å². The molecule has 1 aromatic rings. The van der Waals surface area contributed by atoms with E-state index in [1.54, 1.807) is 0 Å². The van der Waals surface area contributed by atoms with Crippen molar-refractivity contribution in [2.75, 3.05) is 6.54 Å².